The van der Waals surface area contributed by atoms with Crippen molar-refractivity contribution in [2.45, 2.75) is 50.6 Å². The van der Waals surface area contributed by atoms with Crippen molar-refractivity contribution >= 4 is 23.6 Å². The molecule has 1 aliphatic heterocycles. The summed E-state index contributed by atoms with van der Waals surface area (Å²) in [6.45, 7) is 9.05. The molecule has 3 rings (SSSR count). The minimum Gasteiger partial charge on any atom is -0.352 e. The molecule has 1 N–H and O–H groups in total. The third-order valence-corrected chi connectivity index (χ3v) is 6.35. The Labute approximate surface area is 160 Å². The maximum absolute atomic E-state index is 12.5. The van der Waals surface area contributed by atoms with E-state index in [1.807, 2.05) is 11.8 Å². The molecular weight excluding hydrogens is 346 g/mol. The predicted molar refractivity (Wildman–Crippen MR) is 105 cm³/mol. The van der Waals surface area contributed by atoms with Gasteiger partial charge in [-0.1, -0.05) is 17.7 Å². The third kappa shape index (κ3) is 5.01. The van der Waals surface area contributed by atoms with Crippen LogP contribution in [-0.4, -0.2) is 65.6 Å². The van der Waals surface area contributed by atoms with E-state index in [1.54, 1.807) is 11.8 Å². The lowest BCUT2D eigenvalue weighted by Crippen LogP contribution is -2.55. The first-order valence-electron chi connectivity index (χ1n) is 9.46. The zero-order chi connectivity index (χ0) is 18.7. The molecule has 2 aliphatic rings. The quantitative estimate of drug-likeness (QED) is 0.775. The second-order valence-corrected chi connectivity index (χ2v) is 8.45. The first-order valence-corrected chi connectivity index (χ1v) is 10.4. The molecule has 6 heteroatoms. The SMILES string of the molecule is Cc1ccc(C)c(SCC(=O)N2CCN(C(C)C(=O)NC3CC3)CC2)c1. The fourth-order valence-electron chi connectivity index (χ4n) is 3.17. The Morgan fingerprint density at radius 1 is 1.19 bits per heavy atom. The standard InChI is InChI=1S/C20H29N3O2S/c1-14-4-5-15(2)18(12-14)26-13-19(24)23-10-8-22(9-11-23)16(3)20(25)21-17-6-7-17/h4-5,12,16-17H,6-11,13H2,1-3H3,(H,21,25). The number of carbonyl (C=O) groups is 2. The van der Waals surface area contributed by atoms with Crippen molar-refractivity contribution in [3.8, 4) is 0 Å². The third-order valence-electron chi connectivity index (χ3n) is 5.21. The van der Waals surface area contributed by atoms with Gasteiger partial charge in [0.2, 0.25) is 11.8 Å². The van der Waals surface area contributed by atoms with Crippen LogP contribution in [0.15, 0.2) is 23.1 Å². The molecule has 0 aromatic heterocycles. The maximum atomic E-state index is 12.5. The van der Waals surface area contributed by atoms with Gasteiger partial charge >= 0.3 is 0 Å². The van der Waals surface area contributed by atoms with E-state index >= 15 is 0 Å². The van der Waals surface area contributed by atoms with E-state index in [0.717, 1.165) is 25.9 Å². The number of rotatable bonds is 6. The molecule has 1 saturated heterocycles. The van der Waals surface area contributed by atoms with Gasteiger partial charge < -0.3 is 10.2 Å². The van der Waals surface area contributed by atoms with Gasteiger partial charge in [-0.25, -0.2) is 0 Å². The van der Waals surface area contributed by atoms with Crippen LogP contribution in [0.5, 0.6) is 0 Å². The van der Waals surface area contributed by atoms with E-state index in [1.165, 1.54) is 16.0 Å². The van der Waals surface area contributed by atoms with Gasteiger partial charge in [0.25, 0.3) is 0 Å². The maximum Gasteiger partial charge on any atom is 0.237 e. The zero-order valence-electron chi connectivity index (χ0n) is 16.0. The van der Waals surface area contributed by atoms with Gasteiger partial charge in [0.15, 0.2) is 0 Å². The Bertz CT molecular complexity index is 667. The van der Waals surface area contributed by atoms with Crippen molar-refractivity contribution in [2.75, 3.05) is 31.9 Å². The molecule has 0 radical (unpaired) electrons. The van der Waals surface area contributed by atoms with Gasteiger partial charge in [0.05, 0.1) is 11.8 Å². The van der Waals surface area contributed by atoms with Crippen molar-refractivity contribution in [1.29, 1.82) is 0 Å². The van der Waals surface area contributed by atoms with Gasteiger partial charge in [0.1, 0.15) is 0 Å². The van der Waals surface area contributed by atoms with Crippen molar-refractivity contribution in [3.05, 3.63) is 29.3 Å². The summed E-state index contributed by atoms with van der Waals surface area (Å²) in [4.78, 5) is 30.0. The number of hydrogen-bond donors (Lipinski definition) is 1. The van der Waals surface area contributed by atoms with E-state index in [2.05, 4.69) is 42.3 Å². The van der Waals surface area contributed by atoms with Crippen LogP contribution in [0.3, 0.4) is 0 Å². The molecule has 1 unspecified atom stereocenters. The van der Waals surface area contributed by atoms with Crippen LogP contribution < -0.4 is 5.32 Å². The van der Waals surface area contributed by atoms with Crippen LogP contribution in [0.4, 0.5) is 0 Å². The Hall–Kier alpha value is -1.53. The highest BCUT2D eigenvalue weighted by molar-refractivity contribution is 8.00. The van der Waals surface area contributed by atoms with Gasteiger partial charge in [0, 0.05) is 37.1 Å². The van der Waals surface area contributed by atoms with Crippen molar-refractivity contribution in [3.63, 3.8) is 0 Å². The summed E-state index contributed by atoms with van der Waals surface area (Å²) in [6.07, 6.45) is 2.22. The summed E-state index contributed by atoms with van der Waals surface area (Å²) in [7, 11) is 0. The topological polar surface area (TPSA) is 52.7 Å². The van der Waals surface area contributed by atoms with E-state index in [9.17, 15) is 9.59 Å². The molecule has 2 fully saturated rings. The number of amides is 2. The first kappa shape index (κ1) is 19.2. The second kappa shape index (κ2) is 8.44. The van der Waals surface area contributed by atoms with Gasteiger partial charge in [-0.2, -0.15) is 0 Å². The molecular formula is C20H29N3O2S. The van der Waals surface area contributed by atoms with Crippen LogP contribution >= 0.6 is 11.8 Å². The number of benzene rings is 1. The Morgan fingerprint density at radius 3 is 2.54 bits per heavy atom. The molecule has 0 spiro atoms. The zero-order valence-corrected chi connectivity index (χ0v) is 16.8. The Morgan fingerprint density at radius 2 is 1.88 bits per heavy atom. The summed E-state index contributed by atoms with van der Waals surface area (Å²) in [5.41, 5.74) is 2.44. The summed E-state index contributed by atoms with van der Waals surface area (Å²) < 4.78 is 0. The monoisotopic (exact) mass is 375 g/mol. The number of hydrogen-bond acceptors (Lipinski definition) is 4. The average Bonchev–Trinajstić information content (AvgIpc) is 3.45. The summed E-state index contributed by atoms with van der Waals surface area (Å²) >= 11 is 1.62. The fraction of sp³-hybridized carbons (Fsp3) is 0.600. The number of carbonyl (C=O) groups excluding carboxylic acids is 2. The van der Waals surface area contributed by atoms with E-state index < -0.39 is 0 Å². The highest BCUT2D eigenvalue weighted by atomic mass is 32.2. The molecule has 1 saturated carbocycles. The molecule has 142 valence electrons. The van der Waals surface area contributed by atoms with E-state index in [4.69, 9.17) is 0 Å². The smallest absolute Gasteiger partial charge is 0.237 e. The minimum absolute atomic E-state index is 0.114. The molecule has 26 heavy (non-hydrogen) atoms. The molecule has 1 aromatic rings. The van der Waals surface area contributed by atoms with Crippen molar-refractivity contribution < 1.29 is 9.59 Å². The highest BCUT2D eigenvalue weighted by Gasteiger charge is 2.30. The fourth-order valence-corrected chi connectivity index (χ4v) is 4.19. The van der Waals surface area contributed by atoms with Gasteiger partial charge in [-0.3, -0.25) is 14.5 Å². The molecule has 1 atom stereocenters. The lowest BCUT2D eigenvalue weighted by atomic mass is 10.2. The van der Waals surface area contributed by atoms with Crippen molar-refractivity contribution in [1.82, 2.24) is 15.1 Å². The highest BCUT2D eigenvalue weighted by Crippen LogP contribution is 2.24. The molecule has 1 aromatic carbocycles. The number of nitrogens with zero attached hydrogens (tertiary/aromatic N) is 2. The molecule has 0 bridgehead atoms. The minimum atomic E-state index is -0.114. The lowest BCUT2D eigenvalue weighted by molar-refractivity contribution is -0.131. The van der Waals surface area contributed by atoms with Crippen LogP contribution in [0, 0.1) is 13.8 Å². The number of piperazine rings is 1. The normalized spacial score (nSPS) is 19.3. The van der Waals surface area contributed by atoms with Crippen LogP contribution in [-0.2, 0) is 9.59 Å². The molecule has 1 aliphatic carbocycles. The van der Waals surface area contributed by atoms with Crippen LogP contribution in [0.1, 0.15) is 30.9 Å². The first-order chi connectivity index (χ1) is 12.4. The summed E-state index contributed by atoms with van der Waals surface area (Å²) in [5, 5.41) is 3.07. The largest absolute Gasteiger partial charge is 0.352 e. The van der Waals surface area contributed by atoms with Crippen molar-refractivity contribution in [2.24, 2.45) is 0 Å². The number of nitrogens with one attached hydrogen (secondary N) is 1. The molecule has 2 amide bonds. The van der Waals surface area contributed by atoms with E-state index in [-0.39, 0.29) is 17.9 Å². The average molecular weight is 376 g/mol. The molecule has 1 heterocycles. The second-order valence-electron chi connectivity index (χ2n) is 7.43. The van der Waals surface area contributed by atoms with Gasteiger partial charge in [-0.15, -0.1) is 11.8 Å². The van der Waals surface area contributed by atoms with Gasteiger partial charge in [-0.05, 0) is 45.2 Å². The Kier molecular flexibility index (Phi) is 6.24. The van der Waals surface area contributed by atoms with E-state index in [0.29, 0.717) is 24.9 Å². The Balaban J connectivity index is 1.44. The number of thioether (sulfide) groups is 1. The van der Waals surface area contributed by atoms with Crippen LogP contribution in [0.2, 0.25) is 0 Å². The molecule has 5 nitrogen and oxygen atoms in total. The summed E-state index contributed by atoms with van der Waals surface area (Å²) in [5.74, 6) is 0.783. The number of aryl methyl sites for hydroxylation is 2. The lowest BCUT2D eigenvalue weighted by Gasteiger charge is -2.37. The van der Waals surface area contributed by atoms with Crippen LogP contribution in [0.25, 0.3) is 0 Å². The predicted octanol–water partition coefficient (Wildman–Crippen LogP) is 2.21. The summed E-state index contributed by atoms with van der Waals surface area (Å²) in [6, 6.07) is 6.63.